The summed E-state index contributed by atoms with van der Waals surface area (Å²) < 4.78 is 5.46. The molecule has 2 aromatic carbocycles. The molecule has 0 unspecified atom stereocenters. The minimum atomic E-state index is -0.00203. The van der Waals surface area contributed by atoms with Gasteiger partial charge in [0.1, 0.15) is 0 Å². The molecule has 2 aromatic rings. The molecule has 2 nitrogen and oxygen atoms in total. The Balaban J connectivity index is 1.93. The first-order valence-corrected chi connectivity index (χ1v) is 7.85. The van der Waals surface area contributed by atoms with E-state index in [4.69, 9.17) is 16.3 Å². The van der Waals surface area contributed by atoms with E-state index in [1.807, 2.05) is 48.5 Å². The summed E-state index contributed by atoms with van der Waals surface area (Å²) in [6.45, 7) is 3.24. The molecule has 0 spiro atoms. The number of rotatable bonds is 2. The van der Waals surface area contributed by atoms with Crippen LogP contribution in [0.4, 0.5) is 0 Å². The fourth-order valence-electron chi connectivity index (χ4n) is 2.57. The summed E-state index contributed by atoms with van der Waals surface area (Å²) in [4.78, 5) is 2.33. The van der Waals surface area contributed by atoms with Crippen molar-refractivity contribution < 1.29 is 4.74 Å². The average Bonchev–Trinajstić information content (AvgIpc) is 2.58. The highest BCUT2D eigenvalue weighted by molar-refractivity contribution is 6.31. The molecule has 0 amide bonds. The Labute approximate surface area is 136 Å². The maximum atomic E-state index is 6.39. The summed E-state index contributed by atoms with van der Waals surface area (Å²) in [7, 11) is 0. The lowest BCUT2D eigenvalue weighted by atomic mass is 10.0. The van der Waals surface area contributed by atoms with Gasteiger partial charge in [-0.2, -0.15) is 0 Å². The largest absolute Gasteiger partial charge is 0.379 e. The maximum Gasteiger partial charge on any atom is 0.0990 e. The van der Waals surface area contributed by atoms with Crippen molar-refractivity contribution in [2.24, 2.45) is 0 Å². The minimum absolute atomic E-state index is 0.00203. The quantitative estimate of drug-likeness (QED) is 0.783. The van der Waals surface area contributed by atoms with Gasteiger partial charge in [-0.05, 0) is 23.8 Å². The predicted molar refractivity (Wildman–Crippen MR) is 89.9 cm³/mol. The molecule has 0 aromatic heterocycles. The zero-order chi connectivity index (χ0) is 15.2. The third-order valence-corrected chi connectivity index (χ3v) is 4.08. The lowest BCUT2D eigenvalue weighted by molar-refractivity contribution is 0.0270. The zero-order valence-electron chi connectivity index (χ0n) is 12.3. The number of benzene rings is 2. The van der Waals surface area contributed by atoms with Crippen LogP contribution in [0.15, 0.2) is 54.6 Å². The number of hydrogen-bond donors (Lipinski definition) is 0. The zero-order valence-corrected chi connectivity index (χ0v) is 13.1. The maximum absolute atomic E-state index is 6.39. The summed E-state index contributed by atoms with van der Waals surface area (Å²) >= 11 is 6.39. The average molecular weight is 312 g/mol. The first-order valence-electron chi connectivity index (χ1n) is 7.47. The Kier molecular flexibility index (Phi) is 5.13. The number of morpholine rings is 1. The summed E-state index contributed by atoms with van der Waals surface area (Å²) in [6.07, 6.45) is 0. The molecule has 1 atom stereocenters. The van der Waals surface area contributed by atoms with Crippen LogP contribution in [0, 0.1) is 11.8 Å². The van der Waals surface area contributed by atoms with Crippen LogP contribution in [0.3, 0.4) is 0 Å². The van der Waals surface area contributed by atoms with E-state index < -0.39 is 0 Å². The summed E-state index contributed by atoms with van der Waals surface area (Å²) in [6, 6.07) is 18.0. The van der Waals surface area contributed by atoms with Gasteiger partial charge in [0.15, 0.2) is 0 Å². The number of halogens is 1. The van der Waals surface area contributed by atoms with Crippen molar-refractivity contribution in [2.45, 2.75) is 6.04 Å². The van der Waals surface area contributed by atoms with E-state index in [1.54, 1.807) is 0 Å². The summed E-state index contributed by atoms with van der Waals surface area (Å²) in [5.74, 6) is 6.68. The van der Waals surface area contributed by atoms with E-state index >= 15 is 0 Å². The normalized spacial score (nSPS) is 16.6. The molecular weight excluding hydrogens is 294 g/mol. The van der Waals surface area contributed by atoms with Gasteiger partial charge < -0.3 is 4.74 Å². The molecule has 1 heterocycles. The van der Waals surface area contributed by atoms with Crippen molar-refractivity contribution in [1.29, 1.82) is 0 Å². The van der Waals surface area contributed by atoms with E-state index in [9.17, 15) is 0 Å². The van der Waals surface area contributed by atoms with Crippen LogP contribution < -0.4 is 0 Å². The third kappa shape index (κ3) is 3.69. The molecule has 0 radical (unpaired) electrons. The van der Waals surface area contributed by atoms with E-state index in [2.05, 4.69) is 22.8 Å². The second kappa shape index (κ2) is 7.47. The number of hydrogen-bond acceptors (Lipinski definition) is 2. The summed E-state index contributed by atoms with van der Waals surface area (Å²) in [5.41, 5.74) is 2.09. The Hall–Kier alpha value is -1.79. The van der Waals surface area contributed by atoms with Gasteiger partial charge in [0.2, 0.25) is 0 Å². The molecule has 22 heavy (non-hydrogen) atoms. The lowest BCUT2D eigenvalue weighted by Crippen LogP contribution is -2.38. The fraction of sp³-hybridized carbons (Fsp3) is 0.263. The SMILES string of the molecule is Clc1ccccc1[C@H](C#Cc1ccccc1)N1CCOCC1. The van der Waals surface area contributed by atoms with Gasteiger partial charge in [-0.3, -0.25) is 4.90 Å². The second-order valence-corrected chi connectivity index (χ2v) is 5.61. The lowest BCUT2D eigenvalue weighted by Gasteiger charge is -2.32. The van der Waals surface area contributed by atoms with Crippen LogP contribution in [-0.2, 0) is 4.74 Å². The van der Waals surface area contributed by atoms with E-state index in [1.165, 1.54) is 0 Å². The van der Waals surface area contributed by atoms with Crippen molar-refractivity contribution >= 4 is 11.6 Å². The van der Waals surface area contributed by atoms with Gasteiger partial charge in [-0.25, -0.2) is 0 Å². The van der Waals surface area contributed by atoms with Crippen LogP contribution in [0.5, 0.6) is 0 Å². The third-order valence-electron chi connectivity index (χ3n) is 3.74. The molecule has 112 valence electrons. The van der Waals surface area contributed by atoms with Crippen LogP contribution in [-0.4, -0.2) is 31.2 Å². The van der Waals surface area contributed by atoms with Crippen molar-refractivity contribution in [3.8, 4) is 11.8 Å². The van der Waals surface area contributed by atoms with Crippen LogP contribution in [0.25, 0.3) is 0 Å². The Bertz CT molecular complexity index is 669. The topological polar surface area (TPSA) is 12.5 Å². The molecule has 3 rings (SSSR count). The monoisotopic (exact) mass is 311 g/mol. The van der Waals surface area contributed by atoms with Gasteiger partial charge in [0.05, 0.1) is 19.3 Å². The van der Waals surface area contributed by atoms with Gasteiger partial charge in [0.25, 0.3) is 0 Å². The second-order valence-electron chi connectivity index (χ2n) is 5.21. The standard InChI is InChI=1S/C19H18ClNO/c20-18-9-5-4-8-17(18)19(21-12-14-22-15-13-21)11-10-16-6-2-1-3-7-16/h1-9,19H,12-15H2/t19-/m0/s1. The molecule has 0 saturated carbocycles. The van der Waals surface area contributed by atoms with Crippen molar-refractivity contribution in [1.82, 2.24) is 4.90 Å². The van der Waals surface area contributed by atoms with Crippen molar-refractivity contribution in [3.05, 3.63) is 70.7 Å². The molecular formula is C19H18ClNO. The molecule has 1 fully saturated rings. The molecule has 1 saturated heterocycles. The summed E-state index contributed by atoms with van der Waals surface area (Å²) in [5, 5.41) is 0.765. The number of ether oxygens (including phenoxy) is 1. The van der Waals surface area contributed by atoms with E-state index in [0.29, 0.717) is 0 Å². The van der Waals surface area contributed by atoms with Gasteiger partial charge in [-0.15, -0.1) is 0 Å². The predicted octanol–water partition coefficient (Wildman–Crippen LogP) is 3.77. The first-order chi connectivity index (χ1) is 10.8. The van der Waals surface area contributed by atoms with Crippen molar-refractivity contribution in [2.75, 3.05) is 26.3 Å². The smallest absolute Gasteiger partial charge is 0.0990 e. The van der Waals surface area contributed by atoms with E-state index in [0.717, 1.165) is 42.5 Å². The van der Waals surface area contributed by atoms with E-state index in [-0.39, 0.29) is 6.04 Å². The highest BCUT2D eigenvalue weighted by Crippen LogP contribution is 2.27. The van der Waals surface area contributed by atoms with Gasteiger partial charge in [0, 0.05) is 23.7 Å². The number of nitrogens with zero attached hydrogens (tertiary/aromatic N) is 1. The highest BCUT2D eigenvalue weighted by Gasteiger charge is 2.22. The molecule has 3 heteroatoms. The fourth-order valence-corrected chi connectivity index (χ4v) is 2.81. The molecule has 1 aliphatic rings. The molecule has 0 bridgehead atoms. The minimum Gasteiger partial charge on any atom is -0.379 e. The Morgan fingerprint density at radius 2 is 1.64 bits per heavy atom. The Morgan fingerprint density at radius 3 is 2.36 bits per heavy atom. The molecule has 0 aliphatic carbocycles. The van der Waals surface area contributed by atoms with Crippen molar-refractivity contribution in [3.63, 3.8) is 0 Å². The van der Waals surface area contributed by atoms with Crippen LogP contribution in [0.1, 0.15) is 17.2 Å². The first kappa shape index (κ1) is 15.1. The van der Waals surface area contributed by atoms with Crippen LogP contribution >= 0.6 is 11.6 Å². The van der Waals surface area contributed by atoms with Crippen LogP contribution in [0.2, 0.25) is 5.02 Å². The Morgan fingerprint density at radius 1 is 0.955 bits per heavy atom. The molecule has 0 N–H and O–H groups in total. The van der Waals surface area contributed by atoms with Gasteiger partial charge in [-0.1, -0.05) is 59.8 Å². The highest BCUT2D eigenvalue weighted by atomic mass is 35.5. The van der Waals surface area contributed by atoms with Gasteiger partial charge >= 0.3 is 0 Å². The molecule has 1 aliphatic heterocycles.